The van der Waals surface area contributed by atoms with Crippen molar-refractivity contribution >= 4 is 28.9 Å². The standard InChI is InChI=1S/C16H21ClN2O2/c1-2-10-3-5-11(6-4-10)18-13-8-15-14(7-12(13)17)19-16(20)9-21-15/h7-8,10-11,18H,2-6,9H2,1H3,(H,19,20). The zero-order valence-corrected chi connectivity index (χ0v) is 13.0. The van der Waals surface area contributed by atoms with Crippen LogP contribution in [0, 0.1) is 5.92 Å². The molecular weight excluding hydrogens is 288 g/mol. The number of benzene rings is 1. The summed E-state index contributed by atoms with van der Waals surface area (Å²) in [5.74, 6) is 1.42. The Morgan fingerprint density at radius 3 is 2.81 bits per heavy atom. The molecule has 1 aliphatic carbocycles. The fourth-order valence-electron chi connectivity index (χ4n) is 3.15. The number of carbonyl (C=O) groups excluding carboxylic acids is 1. The quantitative estimate of drug-likeness (QED) is 0.885. The van der Waals surface area contributed by atoms with E-state index in [2.05, 4.69) is 17.6 Å². The second kappa shape index (κ2) is 6.14. The molecule has 0 radical (unpaired) electrons. The van der Waals surface area contributed by atoms with Gasteiger partial charge in [-0.25, -0.2) is 0 Å². The number of rotatable bonds is 3. The van der Waals surface area contributed by atoms with Gasteiger partial charge in [0.2, 0.25) is 0 Å². The third-order valence-electron chi connectivity index (χ3n) is 4.49. The lowest BCUT2D eigenvalue weighted by molar-refractivity contribution is -0.118. The van der Waals surface area contributed by atoms with Crippen LogP contribution in [0.1, 0.15) is 39.0 Å². The number of nitrogens with one attached hydrogen (secondary N) is 2. The van der Waals surface area contributed by atoms with Crippen molar-refractivity contribution in [2.75, 3.05) is 17.2 Å². The van der Waals surface area contributed by atoms with Crippen molar-refractivity contribution in [2.45, 2.75) is 45.1 Å². The summed E-state index contributed by atoms with van der Waals surface area (Å²) in [6.07, 6.45) is 6.21. The van der Waals surface area contributed by atoms with Gasteiger partial charge in [0.1, 0.15) is 5.75 Å². The smallest absolute Gasteiger partial charge is 0.262 e. The van der Waals surface area contributed by atoms with Gasteiger partial charge in [0.05, 0.1) is 16.4 Å². The van der Waals surface area contributed by atoms with Crippen molar-refractivity contribution in [1.82, 2.24) is 0 Å². The molecule has 114 valence electrons. The first-order valence-corrected chi connectivity index (χ1v) is 8.06. The van der Waals surface area contributed by atoms with E-state index in [-0.39, 0.29) is 12.5 Å². The Hall–Kier alpha value is -1.42. The summed E-state index contributed by atoms with van der Waals surface area (Å²) >= 11 is 6.31. The summed E-state index contributed by atoms with van der Waals surface area (Å²) < 4.78 is 5.44. The van der Waals surface area contributed by atoms with Gasteiger partial charge >= 0.3 is 0 Å². The number of fused-ring (bicyclic) bond motifs is 1. The maximum atomic E-state index is 11.3. The number of anilines is 2. The average molecular weight is 309 g/mol. The van der Waals surface area contributed by atoms with E-state index in [4.69, 9.17) is 16.3 Å². The molecule has 1 amide bonds. The summed E-state index contributed by atoms with van der Waals surface area (Å²) in [6, 6.07) is 4.12. The van der Waals surface area contributed by atoms with E-state index in [1.165, 1.54) is 32.1 Å². The normalized spacial score (nSPS) is 24.8. The molecule has 21 heavy (non-hydrogen) atoms. The Labute approximate surface area is 130 Å². The van der Waals surface area contributed by atoms with Crippen LogP contribution in [0.3, 0.4) is 0 Å². The third-order valence-corrected chi connectivity index (χ3v) is 4.80. The van der Waals surface area contributed by atoms with Crippen LogP contribution < -0.4 is 15.4 Å². The maximum Gasteiger partial charge on any atom is 0.262 e. The van der Waals surface area contributed by atoms with Crippen molar-refractivity contribution in [1.29, 1.82) is 0 Å². The van der Waals surface area contributed by atoms with Crippen molar-refractivity contribution in [3.63, 3.8) is 0 Å². The largest absolute Gasteiger partial charge is 0.482 e. The number of halogens is 1. The van der Waals surface area contributed by atoms with Gasteiger partial charge in [-0.1, -0.05) is 24.9 Å². The molecule has 0 saturated heterocycles. The third kappa shape index (κ3) is 3.26. The summed E-state index contributed by atoms with van der Waals surface area (Å²) in [7, 11) is 0. The summed E-state index contributed by atoms with van der Waals surface area (Å²) in [5, 5.41) is 6.92. The SMILES string of the molecule is CCC1CCC(Nc2cc3c(cc2Cl)NC(=O)CO3)CC1. The molecule has 1 aliphatic heterocycles. The molecule has 0 aromatic heterocycles. The van der Waals surface area contributed by atoms with Crippen LogP contribution in [-0.2, 0) is 4.79 Å². The van der Waals surface area contributed by atoms with Gasteiger partial charge in [0.15, 0.2) is 6.61 Å². The van der Waals surface area contributed by atoms with Crippen LogP contribution in [0.2, 0.25) is 5.02 Å². The molecule has 0 atom stereocenters. The molecule has 0 bridgehead atoms. The predicted octanol–water partition coefficient (Wildman–Crippen LogP) is 4.05. The van der Waals surface area contributed by atoms with Gasteiger partial charge in [0, 0.05) is 12.1 Å². The Bertz CT molecular complexity index is 539. The molecule has 2 N–H and O–H groups in total. The molecule has 5 heteroatoms. The van der Waals surface area contributed by atoms with E-state index in [9.17, 15) is 4.79 Å². The molecule has 1 saturated carbocycles. The number of hydrogen-bond donors (Lipinski definition) is 2. The second-order valence-electron chi connectivity index (χ2n) is 5.94. The monoisotopic (exact) mass is 308 g/mol. The molecule has 1 heterocycles. The van der Waals surface area contributed by atoms with E-state index in [1.54, 1.807) is 6.07 Å². The minimum atomic E-state index is -0.142. The number of carbonyl (C=O) groups is 1. The zero-order valence-electron chi connectivity index (χ0n) is 12.2. The molecule has 4 nitrogen and oxygen atoms in total. The van der Waals surface area contributed by atoms with Gasteiger partial charge in [-0.15, -0.1) is 0 Å². The Morgan fingerprint density at radius 1 is 1.33 bits per heavy atom. The highest BCUT2D eigenvalue weighted by atomic mass is 35.5. The highest BCUT2D eigenvalue weighted by Crippen LogP contribution is 2.38. The molecule has 1 fully saturated rings. The highest BCUT2D eigenvalue weighted by Gasteiger charge is 2.22. The summed E-state index contributed by atoms with van der Waals surface area (Å²) in [5.41, 5.74) is 1.54. The van der Waals surface area contributed by atoms with Gasteiger partial charge in [-0.05, 0) is 37.7 Å². The minimum absolute atomic E-state index is 0.0652. The van der Waals surface area contributed by atoms with Crippen molar-refractivity contribution in [3.05, 3.63) is 17.2 Å². The van der Waals surface area contributed by atoms with E-state index < -0.39 is 0 Å². The van der Waals surface area contributed by atoms with Crippen molar-refractivity contribution in [2.24, 2.45) is 5.92 Å². The first kappa shape index (κ1) is 14.5. The molecular formula is C16H21ClN2O2. The van der Waals surface area contributed by atoms with Crippen LogP contribution >= 0.6 is 11.6 Å². The molecule has 0 spiro atoms. The van der Waals surface area contributed by atoms with Crippen LogP contribution in [0.5, 0.6) is 5.75 Å². The number of ether oxygens (including phenoxy) is 1. The van der Waals surface area contributed by atoms with E-state index in [0.29, 0.717) is 22.5 Å². The van der Waals surface area contributed by atoms with Gasteiger partial charge in [-0.2, -0.15) is 0 Å². The Morgan fingerprint density at radius 2 is 2.10 bits per heavy atom. The van der Waals surface area contributed by atoms with Gasteiger partial charge < -0.3 is 15.4 Å². The Kier molecular flexibility index (Phi) is 4.24. The van der Waals surface area contributed by atoms with Crippen LogP contribution in [0.4, 0.5) is 11.4 Å². The van der Waals surface area contributed by atoms with Gasteiger partial charge in [-0.3, -0.25) is 4.79 Å². The summed E-state index contributed by atoms with van der Waals surface area (Å²) in [6.45, 7) is 2.33. The topological polar surface area (TPSA) is 50.4 Å². The maximum absolute atomic E-state index is 11.3. The van der Waals surface area contributed by atoms with Crippen molar-refractivity contribution in [3.8, 4) is 5.75 Å². The molecule has 0 unspecified atom stereocenters. The minimum Gasteiger partial charge on any atom is -0.482 e. The van der Waals surface area contributed by atoms with E-state index in [1.807, 2.05) is 6.07 Å². The van der Waals surface area contributed by atoms with Crippen LogP contribution in [-0.4, -0.2) is 18.6 Å². The number of amides is 1. The van der Waals surface area contributed by atoms with Crippen molar-refractivity contribution < 1.29 is 9.53 Å². The number of hydrogen-bond acceptors (Lipinski definition) is 3. The second-order valence-corrected chi connectivity index (χ2v) is 6.34. The van der Waals surface area contributed by atoms with Crippen LogP contribution in [0.15, 0.2) is 12.1 Å². The lowest BCUT2D eigenvalue weighted by Gasteiger charge is -2.30. The average Bonchev–Trinajstić information content (AvgIpc) is 2.49. The fourth-order valence-corrected chi connectivity index (χ4v) is 3.36. The molecule has 1 aromatic carbocycles. The molecule has 2 aliphatic rings. The highest BCUT2D eigenvalue weighted by molar-refractivity contribution is 6.33. The zero-order chi connectivity index (χ0) is 14.8. The van der Waals surface area contributed by atoms with Gasteiger partial charge in [0.25, 0.3) is 5.91 Å². The van der Waals surface area contributed by atoms with Crippen LogP contribution in [0.25, 0.3) is 0 Å². The summed E-state index contributed by atoms with van der Waals surface area (Å²) in [4.78, 5) is 11.3. The predicted molar refractivity (Wildman–Crippen MR) is 85.2 cm³/mol. The fraction of sp³-hybridized carbons (Fsp3) is 0.562. The van der Waals surface area contributed by atoms with E-state index in [0.717, 1.165) is 11.6 Å². The molecule has 1 aromatic rings. The first-order valence-electron chi connectivity index (χ1n) is 7.68. The lowest BCUT2D eigenvalue weighted by Crippen LogP contribution is -2.27. The first-order chi connectivity index (χ1) is 10.2. The molecule has 3 rings (SSSR count). The van der Waals surface area contributed by atoms with E-state index >= 15 is 0 Å². The Balaban J connectivity index is 1.70. The lowest BCUT2D eigenvalue weighted by atomic mass is 9.84.